The topological polar surface area (TPSA) is 58.1 Å². The highest BCUT2D eigenvalue weighted by molar-refractivity contribution is 5.93. The summed E-state index contributed by atoms with van der Waals surface area (Å²) < 4.78 is 0. The Morgan fingerprint density at radius 1 is 1.17 bits per heavy atom. The first-order valence-electron chi connectivity index (χ1n) is 8.60. The average Bonchev–Trinajstić information content (AvgIpc) is 2.60. The van der Waals surface area contributed by atoms with Crippen LogP contribution >= 0.6 is 0 Å². The summed E-state index contributed by atoms with van der Waals surface area (Å²) in [6, 6.07) is 9.99. The predicted molar refractivity (Wildman–Crippen MR) is 97.7 cm³/mol. The molecule has 128 valence electrons. The van der Waals surface area contributed by atoms with Crippen LogP contribution in [0.15, 0.2) is 36.7 Å². The molecule has 0 aliphatic carbocycles. The first kappa shape index (κ1) is 17.9. The van der Waals surface area contributed by atoms with Crippen molar-refractivity contribution in [2.75, 3.05) is 18.0 Å². The number of carbonyl (C=O) groups excluding carboxylic acids is 1. The van der Waals surface area contributed by atoms with Crippen molar-refractivity contribution in [3.63, 3.8) is 0 Å². The molecule has 1 heterocycles. The maximum absolute atomic E-state index is 12.2. The number of aryl methyl sites for hydroxylation is 1. The molecule has 5 nitrogen and oxygen atoms in total. The number of carbonyl (C=O) groups is 1. The molecular weight excluding hydrogens is 300 g/mol. The molecule has 2 aromatic rings. The normalized spacial score (nSPS) is 10.5. The van der Waals surface area contributed by atoms with Crippen LogP contribution in [0.5, 0.6) is 0 Å². The van der Waals surface area contributed by atoms with Gasteiger partial charge < -0.3 is 10.2 Å². The van der Waals surface area contributed by atoms with Crippen molar-refractivity contribution in [3.05, 3.63) is 47.9 Å². The van der Waals surface area contributed by atoms with E-state index in [-0.39, 0.29) is 5.91 Å². The molecule has 0 unspecified atom stereocenters. The minimum atomic E-state index is -0.143. The number of unbranched alkanes of at least 4 members (excludes halogenated alkanes) is 2. The molecule has 1 amide bonds. The summed E-state index contributed by atoms with van der Waals surface area (Å²) in [7, 11) is 0. The second-order valence-corrected chi connectivity index (χ2v) is 5.81. The largest absolute Gasteiger partial charge is 0.351 e. The smallest absolute Gasteiger partial charge is 0.270 e. The van der Waals surface area contributed by atoms with Crippen LogP contribution in [-0.4, -0.2) is 29.0 Å². The SMILES string of the molecule is CCCCCNC(=O)c1cc(N(CC)c2cccc(C)c2)ncn1. The number of aromatic nitrogens is 2. The number of benzene rings is 1. The van der Waals surface area contributed by atoms with Crippen molar-refractivity contribution in [3.8, 4) is 0 Å². The minimum absolute atomic E-state index is 0.143. The molecule has 0 bridgehead atoms. The molecule has 0 fully saturated rings. The maximum Gasteiger partial charge on any atom is 0.270 e. The summed E-state index contributed by atoms with van der Waals surface area (Å²) in [4.78, 5) is 22.8. The highest BCUT2D eigenvalue weighted by Gasteiger charge is 2.13. The lowest BCUT2D eigenvalue weighted by molar-refractivity contribution is 0.0948. The zero-order valence-electron chi connectivity index (χ0n) is 14.7. The van der Waals surface area contributed by atoms with Crippen molar-refractivity contribution >= 4 is 17.4 Å². The van der Waals surface area contributed by atoms with E-state index in [0.29, 0.717) is 12.2 Å². The van der Waals surface area contributed by atoms with Gasteiger partial charge in [-0.3, -0.25) is 4.79 Å². The fourth-order valence-electron chi connectivity index (χ4n) is 2.56. The van der Waals surface area contributed by atoms with Gasteiger partial charge >= 0.3 is 0 Å². The van der Waals surface area contributed by atoms with E-state index in [4.69, 9.17) is 0 Å². The van der Waals surface area contributed by atoms with Crippen LogP contribution in [0.3, 0.4) is 0 Å². The Bertz CT molecular complexity index is 672. The Morgan fingerprint density at radius 3 is 2.71 bits per heavy atom. The average molecular weight is 326 g/mol. The highest BCUT2D eigenvalue weighted by Crippen LogP contribution is 2.24. The molecule has 1 N–H and O–H groups in total. The van der Waals surface area contributed by atoms with E-state index in [2.05, 4.69) is 53.1 Å². The highest BCUT2D eigenvalue weighted by atomic mass is 16.1. The fourth-order valence-corrected chi connectivity index (χ4v) is 2.56. The Hall–Kier alpha value is -2.43. The van der Waals surface area contributed by atoms with Gasteiger partial charge in [-0.2, -0.15) is 0 Å². The zero-order valence-corrected chi connectivity index (χ0v) is 14.7. The second kappa shape index (κ2) is 9.01. The van der Waals surface area contributed by atoms with Crippen molar-refractivity contribution < 1.29 is 4.79 Å². The lowest BCUT2D eigenvalue weighted by atomic mass is 10.2. The van der Waals surface area contributed by atoms with Crippen LogP contribution in [0.4, 0.5) is 11.5 Å². The van der Waals surface area contributed by atoms with Gasteiger partial charge in [-0.05, 0) is 38.0 Å². The van der Waals surface area contributed by atoms with E-state index in [1.54, 1.807) is 6.07 Å². The van der Waals surface area contributed by atoms with E-state index in [0.717, 1.165) is 37.3 Å². The summed E-state index contributed by atoms with van der Waals surface area (Å²) in [5.74, 6) is 0.590. The Morgan fingerprint density at radius 2 is 2.00 bits per heavy atom. The summed E-state index contributed by atoms with van der Waals surface area (Å²) in [5.41, 5.74) is 2.65. The predicted octanol–water partition coefficient (Wildman–Crippen LogP) is 3.86. The first-order chi connectivity index (χ1) is 11.7. The number of rotatable bonds is 8. The van der Waals surface area contributed by atoms with Gasteiger partial charge in [0.25, 0.3) is 5.91 Å². The Kier molecular flexibility index (Phi) is 6.73. The number of hydrogen-bond donors (Lipinski definition) is 1. The molecule has 0 spiro atoms. The van der Waals surface area contributed by atoms with E-state index >= 15 is 0 Å². The first-order valence-corrected chi connectivity index (χ1v) is 8.60. The van der Waals surface area contributed by atoms with Gasteiger partial charge in [0.2, 0.25) is 0 Å². The molecule has 2 rings (SSSR count). The summed E-state index contributed by atoms with van der Waals surface area (Å²) >= 11 is 0. The standard InChI is InChI=1S/C19H26N4O/c1-4-6-7-11-20-19(24)17-13-18(22-14-21-17)23(5-2)16-10-8-9-15(3)12-16/h8-10,12-14H,4-7,11H2,1-3H3,(H,20,24). The van der Waals surface area contributed by atoms with Gasteiger partial charge in [-0.15, -0.1) is 0 Å². The third-order valence-corrected chi connectivity index (χ3v) is 3.86. The monoisotopic (exact) mass is 326 g/mol. The summed E-state index contributed by atoms with van der Waals surface area (Å²) in [6.45, 7) is 7.71. The van der Waals surface area contributed by atoms with Crippen molar-refractivity contribution in [1.82, 2.24) is 15.3 Å². The number of amides is 1. The molecule has 0 saturated heterocycles. The lowest BCUT2D eigenvalue weighted by Crippen LogP contribution is -2.26. The summed E-state index contributed by atoms with van der Waals surface area (Å²) in [5, 5.41) is 2.92. The van der Waals surface area contributed by atoms with Gasteiger partial charge in [0.05, 0.1) is 0 Å². The Labute approximate surface area is 144 Å². The molecular formula is C19H26N4O. The number of hydrogen-bond acceptors (Lipinski definition) is 4. The third kappa shape index (κ3) is 4.78. The maximum atomic E-state index is 12.2. The lowest BCUT2D eigenvalue weighted by Gasteiger charge is -2.22. The van der Waals surface area contributed by atoms with Crippen LogP contribution in [0.1, 0.15) is 49.2 Å². The zero-order chi connectivity index (χ0) is 17.4. The van der Waals surface area contributed by atoms with Crippen molar-refractivity contribution in [1.29, 1.82) is 0 Å². The third-order valence-electron chi connectivity index (χ3n) is 3.86. The quantitative estimate of drug-likeness (QED) is 0.748. The molecule has 1 aromatic carbocycles. The molecule has 0 aliphatic heterocycles. The van der Waals surface area contributed by atoms with Gasteiger partial charge in [0, 0.05) is 24.8 Å². The molecule has 0 atom stereocenters. The molecule has 0 saturated carbocycles. The van der Waals surface area contributed by atoms with Gasteiger partial charge in [0.1, 0.15) is 17.8 Å². The Balaban J connectivity index is 2.14. The van der Waals surface area contributed by atoms with Gasteiger partial charge in [-0.1, -0.05) is 31.9 Å². The minimum Gasteiger partial charge on any atom is -0.351 e. The number of nitrogens with zero attached hydrogens (tertiary/aromatic N) is 3. The molecule has 24 heavy (non-hydrogen) atoms. The van der Waals surface area contributed by atoms with Crippen LogP contribution in [0.2, 0.25) is 0 Å². The fraction of sp³-hybridized carbons (Fsp3) is 0.421. The van der Waals surface area contributed by atoms with E-state index in [1.807, 2.05) is 12.1 Å². The molecule has 5 heteroatoms. The molecule has 1 aromatic heterocycles. The van der Waals surface area contributed by atoms with Crippen LogP contribution in [0.25, 0.3) is 0 Å². The van der Waals surface area contributed by atoms with Crippen LogP contribution in [-0.2, 0) is 0 Å². The van der Waals surface area contributed by atoms with Crippen LogP contribution in [0, 0.1) is 6.92 Å². The number of nitrogens with one attached hydrogen (secondary N) is 1. The van der Waals surface area contributed by atoms with Gasteiger partial charge in [-0.25, -0.2) is 9.97 Å². The van der Waals surface area contributed by atoms with Crippen LogP contribution < -0.4 is 10.2 Å². The molecule has 0 aliphatic rings. The van der Waals surface area contributed by atoms with Gasteiger partial charge in [0.15, 0.2) is 0 Å². The van der Waals surface area contributed by atoms with E-state index < -0.39 is 0 Å². The second-order valence-electron chi connectivity index (χ2n) is 5.81. The van der Waals surface area contributed by atoms with Crippen molar-refractivity contribution in [2.24, 2.45) is 0 Å². The number of anilines is 2. The molecule has 0 radical (unpaired) electrons. The van der Waals surface area contributed by atoms with E-state index in [1.165, 1.54) is 11.9 Å². The van der Waals surface area contributed by atoms with E-state index in [9.17, 15) is 4.79 Å². The van der Waals surface area contributed by atoms with Crippen molar-refractivity contribution in [2.45, 2.75) is 40.0 Å². The summed E-state index contributed by atoms with van der Waals surface area (Å²) in [6.07, 6.45) is 4.70.